The summed E-state index contributed by atoms with van der Waals surface area (Å²) < 4.78 is 5.39. The third-order valence-corrected chi connectivity index (χ3v) is 3.49. The normalized spacial score (nSPS) is 10.7. The lowest BCUT2D eigenvalue weighted by Gasteiger charge is -2.06. The molecule has 2 N–H and O–H groups in total. The fourth-order valence-corrected chi connectivity index (χ4v) is 2.39. The number of imidazole rings is 1. The number of nitrogens with zero attached hydrogens (tertiary/aromatic N) is 1. The molecule has 0 bridgehead atoms. The molecule has 0 radical (unpaired) electrons. The minimum Gasteiger partial charge on any atom is -0.494 e. The first-order valence-electron chi connectivity index (χ1n) is 7.66. The molecule has 0 aliphatic carbocycles. The number of para-hydroxylation sites is 2. The standard InChI is InChI=1S/C18H19N3O2/c1-2-23-14-9-7-13(8-10-14)11-18(22)19-12-17-20-15-5-3-4-6-16(15)21-17/h3-10H,2,11-12H2,1H3,(H,19,22)(H,20,21). The molecule has 3 rings (SSSR count). The zero-order valence-corrected chi connectivity index (χ0v) is 13.0. The molecule has 1 amide bonds. The van der Waals surface area contributed by atoms with Gasteiger partial charge in [-0.25, -0.2) is 4.98 Å². The molecule has 23 heavy (non-hydrogen) atoms. The van der Waals surface area contributed by atoms with E-state index in [0.717, 1.165) is 28.2 Å². The first-order valence-corrected chi connectivity index (χ1v) is 7.66. The Hall–Kier alpha value is -2.82. The Bertz CT molecular complexity index is 760. The summed E-state index contributed by atoms with van der Waals surface area (Å²) in [5.41, 5.74) is 2.84. The van der Waals surface area contributed by atoms with Gasteiger partial charge in [0.1, 0.15) is 11.6 Å². The molecule has 3 aromatic rings. The van der Waals surface area contributed by atoms with Gasteiger partial charge in [-0.05, 0) is 36.8 Å². The topological polar surface area (TPSA) is 67.0 Å². The molecule has 118 valence electrons. The Morgan fingerprint density at radius 3 is 2.70 bits per heavy atom. The molecule has 0 aliphatic rings. The van der Waals surface area contributed by atoms with Gasteiger partial charge >= 0.3 is 0 Å². The number of carbonyl (C=O) groups excluding carboxylic acids is 1. The molecule has 0 saturated heterocycles. The number of rotatable bonds is 6. The second-order valence-electron chi connectivity index (χ2n) is 5.23. The number of carbonyl (C=O) groups is 1. The van der Waals surface area contributed by atoms with E-state index in [0.29, 0.717) is 19.6 Å². The van der Waals surface area contributed by atoms with Crippen molar-refractivity contribution in [2.24, 2.45) is 0 Å². The number of aromatic amines is 1. The van der Waals surface area contributed by atoms with Gasteiger partial charge in [-0.3, -0.25) is 4.79 Å². The molecule has 0 spiro atoms. The summed E-state index contributed by atoms with van der Waals surface area (Å²) in [7, 11) is 0. The molecule has 0 atom stereocenters. The maximum atomic E-state index is 12.0. The van der Waals surface area contributed by atoms with Gasteiger partial charge < -0.3 is 15.0 Å². The van der Waals surface area contributed by atoms with E-state index in [1.807, 2.05) is 55.5 Å². The smallest absolute Gasteiger partial charge is 0.224 e. The number of hydrogen-bond donors (Lipinski definition) is 2. The molecular formula is C18H19N3O2. The van der Waals surface area contributed by atoms with Crippen LogP contribution in [-0.2, 0) is 17.8 Å². The Labute approximate surface area is 134 Å². The second-order valence-corrected chi connectivity index (χ2v) is 5.23. The van der Waals surface area contributed by atoms with E-state index in [2.05, 4.69) is 15.3 Å². The van der Waals surface area contributed by atoms with Gasteiger partial charge in [-0.2, -0.15) is 0 Å². The highest BCUT2D eigenvalue weighted by molar-refractivity contribution is 5.79. The summed E-state index contributed by atoms with van der Waals surface area (Å²) in [5.74, 6) is 1.54. The van der Waals surface area contributed by atoms with Crippen LogP contribution in [0.5, 0.6) is 5.75 Å². The van der Waals surface area contributed by atoms with Crippen molar-refractivity contribution in [1.82, 2.24) is 15.3 Å². The first kappa shape index (κ1) is 15.1. The first-order chi connectivity index (χ1) is 11.2. The van der Waals surface area contributed by atoms with Crippen LogP contribution >= 0.6 is 0 Å². The monoisotopic (exact) mass is 309 g/mol. The number of aromatic nitrogens is 2. The number of hydrogen-bond acceptors (Lipinski definition) is 3. The third kappa shape index (κ3) is 3.88. The molecule has 5 nitrogen and oxygen atoms in total. The van der Waals surface area contributed by atoms with E-state index in [1.54, 1.807) is 0 Å². The minimum absolute atomic E-state index is 0.0328. The highest BCUT2D eigenvalue weighted by atomic mass is 16.5. The van der Waals surface area contributed by atoms with Crippen molar-refractivity contribution in [3.63, 3.8) is 0 Å². The highest BCUT2D eigenvalue weighted by Crippen LogP contribution is 2.13. The second kappa shape index (κ2) is 6.96. The molecule has 0 fully saturated rings. The largest absolute Gasteiger partial charge is 0.494 e. The van der Waals surface area contributed by atoms with Gasteiger partial charge in [0.2, 0.25) is 5.91 Å². The number of nitrogens with one attached hydrogen (secondary N) is 2. The van der Waals surface area contributed by atoms with E-state index in [-0.39, 0.29) is 5.91 Å². The summed E-state index contributed by atoms with van der Waals surface area (Å²) in [5, 5.41) is 2.88. The lowest BCUT2D eigenvalue weighted by molar-refractivity contribution is -0.120. The van der Waals surface area contributed by atoms with Crippen LogP contribution in [0.15, 0.2) is 48.5 Å². The molecule has 1 heterocycles. The molecule has 0 aliphatic heterocycles. The van der Waals surface area contributed by atoms with Crippen LogP contribution in [-0.4, -0.2) is 22.5 Å². The molecule has 1 aromatic heterocycles. The van der Waals surface area contributed by atoms with Gasteiger partial charge in [0.25, 0.3) is 0 Å². The molecule has 2 aromatic carbocycles. The predicted molar refractivity (Wildman–Crippen MR) is 89.3 cm³/mol. The molecule has 5 heteroatoms. The van der Waals surface area contributed by atoms with Crippen LogP contribution in [0, 0.1) is 0 Å². The number of H-pyrrole nitrogens is 1. The van der Waals surface area contributed by atoms with E-state index >= 15 is 0 Å². The Morgan fingerprint density at radius 1 is 1.17 bits per heavy atom. The van der Waals surface area contributed by atoms with Crippen molar-refractivity contribution in [1.29, 1.82) is 0 Å². The lowest BCUT2D eigenvalue weighted by atomic mass is 10.1. The molecule has 0 unspecified atom stereocenters. The van der Waals surface area contributed by atoms with Crippen LogP contribution in [0.3, 0.4) is 0 Å². The zero-order valence-electron chi connectivity index (χ0n) is 13.0. The zero-order chi connectivity index (χ0) is 16.1. The summed E-state index contributed by atoms with van der Waals surface area (Å²) in [6.07, 6.45) is 0.340. The fraction of sp³-hybridized carbons (Fsp3) is 0.222. The van der Waals surface area contributed by atoms with E-state index in [1.165, 1.54) is 0 Å². The summed E-state index contributed by atoms with van der Waals surface area (Å²) in [6.45, 7) is 2.97. The average molecular weight is 309 g/mol. The van der Waals surface area contributed by atoms with Crippen molar-refractivity contribution < 1.29 is 9.53 Å². The van der Waals surface area contributed by atoms with Gasteiger partial charge in [0.15, 0.2) is 0 Å². The maximum Gasteiger partial charge on any atom is 0.224 e. The summed E-state index contributed by atoms with van der Waals surface area (Å²) in [6, 6.07) is 15.4. The van der Waals surface area contributed by atoms with Crippen molar-refractivity contribution >= 4 is 16.9 Å². The van der Waals surface area contributed by atoms with Crippen LogP contribution in [0.4, 0.5) is 0 Å². The number of benzene rings is 2. The SMILES string of the molecule is CCOc1ccc(CC(=O)NCc2nc3ccccc3[nH]2)cc1. The number of fused-ring (bicyclic) bond motifs is 1. The van der Waals surface area contributed by atoms with Crippen molar-refractivity contribution in [2.45, 2.75) is 19.9 Å². The third-order valence-electron chi connectivity index (χ3n) is 3.49. The van der Waals surface area contributed by atoms with Crippen LogP contribution in [0.25, 0.3) is 11.0 Å². The maximum absolute atomic E-state index is 12.0. The highest BCUT2D eigenvalue weighted by Gasteiger charge is 2.06. The quantitative estimate of drug-likeness (QED) is 0.736. The van der Waals surface area contributed by atoms with Crippen LogP contribution in [0.2, 0.25) is 0 Å². The fourth-order valence-electron chi connectivity index (χ4n) is 2.39. The lowest BCUT2D eigenvalue weighted by Crippen LogP contribution is -2.25. The van der Waals surface area contributed by atoms with Gasteiger partial charge in [0, 0.05) is 0 Å². The van der Waals surface area contributed by atoms with Gasteiger partial charge in [0.05, 0.1) is 30.6 Å². The van der Waals surface area contributed by atoms with E-state index < -0.39 is 0 Å². The van der Waals surface area contributed by atoms with Crippen LogP contribution < -0.4 is 10.1 Å². The van der Waals surface area contributed by atoms with Gasteiger partial charge in [-0.15, -0.1) is 0 Å². The molecule has 0 saturated carbocycles. The summed E-state index contributed by atoms with van der Waals surface area (Å²) >= 11 is 0. The van der Waals surface area contributed by atoms with Gasteiger partial charge in [-0.1, -0.05) is 24.3 Å². The summed E-state index contributed by atoms with van der Waals surface area (Å²) in [4.78, 5) is 19.7. The Morgan fingerprint density at radius 2 is 1.96 bits per heavy atom. The van der Waals surface area contributed by atoms with E-state index in [4.69, 9.17) is 4.74 Å². The van der Waals surface area contributed by atoms with Crippen molar-refractivity contribution in [3.8, 4) is 5.75 Å². The van der Waals surface area contributed by atoms with Crippen molar-refractivity contribution in [3.05, 3.63) is 59.9 Å². The predicted octanol–water partition coefficient (Wildman–Crippen LogP) is 2.82. The average Bonchev–Trinajstić information content (AvgIpc) is 2.98. The Kier molecular flexibility index (Phi) is 4.57. The van der Waals surface area contributed by atoms with Crippen molar-refractivity contribution in [2.75, 3.05) is 6.61 Å². The number of ether oxygens (including phenoxy) is 1. The minimum atomic E-state index is -0.0328. The van der Waals surface area contributed by atoms with E-state index in [9.17, 15) is 4.79 Å². The Balaban J connectivity index is 1.54. The van der Waals surface area contributed by atoms with Crippen LogP contribution in [0.1, 0.15) is 18.3 Å². The molecular weight excluding hydrogens is 290 g/mol. The number of amides is 1.